The molecule has 0 aliphatic carbocycles. The minimum atomic E-state index is -1.46. The summed E-state index contributed by atoms with van der Waals surface area (Å²) in [5, 5.41) is 23.7. The number of hydrogen-bond donors (Lipinski definition) is 3. The number of nitrogens with one attached hydrogen (secondary N) is 1. The molecule has 122 valence electrons. The molecule has 3 rings (SSSR count). The van der Waals surface area contributed by atoms with Crippen LogP contribution in [0.25, 0.3) is 0 Å². The lowest BCUT2D eigenvalue weighted by Gasteiger charge is -2.36. The van der Waals surface area contributed by atoms with Crippen molar-refractivity contribution in [2.24, 2.45) is 0 Å². The van der Waals surface area contributed by atoms with Gasteiger partial charge in [-0.25, -0.2) is 4.39 Å². The zero-order valence-electron chi connectivity index (χ0n) is 12.9. The van der Waals surface area contributed by atoms with Gasteiger partial charge in [0.1, 0.15) is 23.8 Å². The number of para-hydroxylation sites is 1. The highest BCUT2D eigenvalue weighted by Crippen LogP contribution is 2.42. The van der Waals surface area contributed by atoms with Crippen LogP contribution >= 0.6 is 0 Å². The normalized spacial score (nSPS) is 20.9. The highest BCUT2D eigenvalue weighted by Gasteiger charge is 2.43. The quantitative estimate of drug-likeness (QED) is 0.806. The highest BCUT2D eigenvalue weighted by molar-refractivity contribution is 5.50. The van der Waals surface area contributed by atoms with Gasteiger partial charge < -0.3 is 20.3 Å². The number of rotatable bonds is 4. The number of halogens is 1. The van der Waals surface area contributed by atoms with Crippen LogP contribution in [0.4, 0.5) is 4.39 Å². The van der Waals surface area contributed by atoms with Gasteiger partial charge in [0.25, 0.3) is 0 Å². The maximum atomic E-state index is 13.8. The fourth-order valence-electron chi connectivity index (χ4n) is 3.13. The molecule has 3 N–H and O–H groups in total. The van der Waals surface area contributed by atoms with Crippen molar-refractivity contribution in [3.05, 3.63) is 65.0 Å². The first kappa shape index (κ1) is 15.9. The molecule has 2 atom stereocenters. The molecule has 1 aliphatic rings. The Bertz CT molecular complexity index is 706. The van der Waals surface area contributed by atoms with E-state index in [1.54, 1.807) is 18.2 Å². The van der Waals surface area contributed by atoms with Crippen molar-refractivity contribution in [1.29, 1.82) is 0 Å². The van der Waals surface area contributed by atoms with E-state index in [-0.39, 0.29) is 13.2 Å². The summed E-state index contributed by atoms with van der Waals surface area (Å²) in [4.78, 5) is 0. The lowest BCUT2D eigenvalue weighted by Crippen LogP contribution is -2.48. The van der Waals surface area contributed by atoms with Crippen molar-refractivity contribution in [2.75, 3.05) is 13.2 Å². The fraction of sp³-hybridized carbons (Fsp3) is 0.333. The van der Waals surface area contributed by atoms with E-state index < -0.39 is 17.5 Å². The number of fused-ring (bicyclic) bond motifs is 2. The first-order valence-corrected chi connectivity index (χ1v) is 7.65. The van der Waals surface area contributed by atoms with Gasteiger partial charge in [0.15, 0.2) is 0 Å². The van der Waals surface area contributed by atoms with Gasteiger partial charge in [0.05, 0.1) is 6.61 Å². The molecule has 0 aromatic heterocycles. The van der Waals surface area contributed by atoms with Gasteiger partial charge in [-0.2, -0.15) is 0 Å². The maximum Gasteiger partial charge on any atom is 0.134 e. The van der Waals surface area contributed by atoms with Crippen LogP contribution in [-0.2, 0) is 12.2 Å². The van der Waals surface area contributed by atoms with E-state index in [1.165, 1.54) is 12.1 Å². The average molecular weight is 317 g/mol. The Kier molecular flexibility index (Phi) is 4.35. The summed E-state index contributed by atoms with van der Waals surface area (Å²) < 4.78 is 19.7. The van der Waals surface area contributed by atoms with E-state index in [1.807, 2.05) is 19.1 Å². The topological polar surface area (TPSA) is 61.7 Å². The lowest BCUT2D eigenvalue weighted by molar-refractivity contribution is 0.0413. The number of aliphatic hydroxyl groups excluding tert-OH is 1. The van der Waals surface area contributed by atoms with E-state index in [0.717, 1.165) is 5.56 Å². The number of hydrogen-bond acceptors (Lipinski definition) is 4. The third-order valence-electron chi connectivity index (χ3n) is 4.35. The molecule has 5 heteroatoms. The predicted molar refractivity (Wildman–Crippen MR) is 84.7 cm³/mol. The predicted octanol–water partition coefficient (Wildman–Crippen LogP) is 1.92. The Morgan fingerprint density at radius 1 is 1.26 bits per heavy atom. The molecule has 2 aromatic rings. The molecule has 0 saturated carbocycles. The molecule has 2 aromatic carbocycles. The van der Waals surface area contributed by atoms with E-state index in [9.17, 15) is 9.50 Å². The van der Waals surface area contributed by atoms with Crippen molar-refractivity contribution in [3.8, 4) is 5.75 Å². The van der Waals surface area contributed by atoms with Crippen molar-refractivity contribution in [3.63, 3.8) is 0 Å². The first-order chi connectivity index (χ1) is 11.1. The van der Waals surface area contributed by atoms with Crippen molar-refractivity contribution in [1.82, 2.24) is 5.32 Å². The van der Waals surface area contributed by atoms with Gasteiger partial charge in [0, 0.05) is 18.2 Å². The highest BCUT2D eigenvalue weighted by atomic mass is 19.1. The Morgan fingerprint density at radius 3 is 2.83 bits per heavy atom. The number of ether oxygens (including phenoxy) is 1. The Balaban J connectivity index is 2.20. The summed E-state index contributed by atoms with van der Waals surface area (Å²) in [6, 6.07) is 11.1. The molecule has 0 fully saturated rings. The van der Waals surface area contributed by atoms with Gasteiger partial charge in [-0.1, -0.05) is 24.3 Å². The van der Waals surface area contributed by atoms with E-state index in [2.05, 4.69) is 5.32 Å². The monoisotopic (exact) mass is 317 g/mol. The SMILES string of the molecule is CC(NCCO)C1(O)c2cc(F)ccc2COc2ccccc21. The van der Waals surface area contributed by atoms with E-state index in [0.29, 0.717) is 23.4 Å². The lowest BCUT2D eigenvalue weighted by atomic mass is 9.78. The standard InChI is InChI=1S/C18H20FNO3/c1-12(20-8-9-21)18(22)15-4-2-3-5-17(15)23-11-13-6-7-14(19)10-16(13)18/h2-7,10,12,20-22H,8-9,11H2,1H3. The summed E-state index contributed by atoms with van der Waals surface area (Å²) in [6.45, 7) is 2.36. The average Bonchev–Trinajstić information content (AvgIpc) is 2.69. The third-order valence-corrected chi connectivity index (χ3v) is 4.35. The molecule has 1 aliphatic heterocycles. The molecule has 0 bridgehead atoms. The maximum absolute atomic E-state index is 13.8. The van der Waals surface area contributed by atoms with Crippen LogP contribution in [0.1, 0.15) is 23.6 Å². The smallest absolute Gasteiger partial charge is 0.134 e. The van der Waals surface area contributed by atoms with Gasteiger partial charge in [-0.15, -0.1) is 0 Å². The molecule has 23 heavy (non-hydrogen) atoms. The zero-order valence-corrected chi connectivity index (χ0v) is 12.9. The van der Waals surface area contributed by atoms with Crippen molar-refractivity contribution < 1.29 is 19.3 Å². The first-order valence-electron chi connectivity index (χ1n) is 7.65. The van der Waals surface area contributed by atoms with Gasteiger partial charge in [0.2, 0.25) is 0 Å². The fourth-order valence-corrected chi connectivity index (χ4v) is 3.13. The molecule has 0 radical (unpaired) electrons. The van der Waals surface area contributed by atoms with Crippen LogP contribution in [-0.4, -0.2) is 29.4 Å². The van der Waals surface area contributed by atoms with Crippen LogP contribution in [0.5, 0.6) is 5.75 Å². The van der Waals surface area contributed by atoms with Crippen LogP contribution in [0.3, 0.4) is 0 Å². The molecular formula is C18H20FNO3. The summed E-state index contributed by atoms with van der Waals surface area (Å²) >= 11 is 0. The summed E-state index contributed by atoms with van der Waals surface area (Å²) in [5.41, 5.74) is 0.352. The second kappa shape index (κ2) is 6.28. The number of aliphatic hydroxyl groups is 2. The summed E-state index contributed by atoms with van der Waals surface area (Å²) in [5.74, 6) is 0.167. The third kappa shape index (κ3) is 2.72. The van der Waals surface area contributed by atoms with Gasteiger partial charge in [-0.3, -0.25) is 0 Å². The van der Waals surface area contributed by atoms with E-state index >= 15 is 0 Å². The largest absolute Gasteiger partial charge is 0.488 e. The Hall–Kier alpha value is -1.95. The van der Waals surface area contributed by atoms with E-state index in [4.69, 9.17) is 9.84 Å². The van der Waals surface area contributed by atoms with Crippen LogP contribution in [0.15, 0.2) is 42.5 Å². The molecule has 0 saturated heterocycles. The minimum absolute atomic E-state index is 0.0470. The summed E-state index contributed by atoms with van der Waals surface area (Å²) in [6.07, 6.45) is 0. The molecular weight excluding hydrogens is 297 g/mol. The van der Waals surface area contributed by atoms with Crippen LogP contribution in [0.2, 0.25) is 0 Å². The van der Waals surface area contributed by atoms with Crippen LogP contribution < -0.4 is 10.1 Å². The summed E-state index contributed by atoms with van der Waals surface area (Å²) in [7, 11) is 0. The Labute approximate surface area is 134 Å². The minimum Gasteiger partial charge on any atom is -0.488 e. The second-order valence-electron chi connectivity index (χ2n) is 5.75. The van der Waals surface area contributed by atoms with Crippen molar-refractivity contribution in [2.45, 2.75) is 25.2 Å². The molecule has 1 heterocycles. The van der Waals surface area contributed by atoms with Gasteiger partial charge in [-0.05, 0) is 36.2 Å². The van der Waals surface area contributed by atoms with Crippen LogP contribution in [0, 0.1) is 5.82 Å². The zero-order chi connectivity index (χ0) is 16.4. The van der Waals surface area contributed by atoms with Gasteiger partial charge >= 0.3 is 0 Å². The number of benzene rings is 2. The molecule has 4 nitrogen and oxygen atoms in total. The van der Waals surface area contributed by atoms with Crippen molar-refractivity contribution >= 4 is 0 Å². The Morgan fingerprint density at radius 2 is 2.04 bits per heavy atom. The second-order valence-corrected chi connectivity index (χ2v) is 5.75. The molecule has 2 unspecified atom stereocenters. The molecule has 0 spiro atoms. The molecule has 0 amide bonds.